The summed E-state index contributed by atoms with van der Waals surface area (Å²) < 4.78 is 16.6. The summed E-state index contributed by atoms with van der Waals surface area (Å²) in [5.74, 6) is 1.17. The van der Waals surface area contributed by atoms with Crippen LogP contribution in [-0.4, -0.2) is 33.0 Å². The first-order valence-electron chi connectivity index (χ1n) is 10.6. The molecule has 1 amide bonds. The number of nitrogens with zero attached hydrogens (tertiary/aromatic N) is 1. The van der Waals surface area contributed by atoms with Gasteiger partial charge in [0.25, 0.3) is 0 Å². The van der Waals surface area contributed by atoms with Crippen molar-refractivity contribution < 1.29 is 23.8 Å². The van der Waals surface area contributed by atoms with E-state index in [1.807, 2.05) is 25.1 Å². The minimum atomic E-state index is -0.397. The Labute approximate surface area is 192 Å². The predicted molar refractivity (Wildman–Crippen MR) is 123 cm³/mol. The number of rotatable bonds is 5. The van der Waals surface area contributed by atoms with Crippen LogP contribution in [-0.2, 0) is 9.59 Å². The molecule has 1 heterocycles. The van der Waals surface area contributed by atoms with E-state index in [-0.39, 0.29) is 18.1 Å². The monoisotopic (exact) mass is 455 g/mol. The Kier molecular flexibility index (Phi) is 6.15. The molecule has 0 saturated carbocycles. The zero-order chi connectivity index (χ0) is 23.0. The number of benzene rings is 2. The summed E-state index contributed by atoms with van der Waals surface area (Å²) in [7, 11) is 4.68. The summed E-state index contributed by atoms with van der Waals surface area (Å²) in [4.78, 5) is 28.4. The predicted octanol–water partition coefficient (Wildman–Crippen LogP) is 5.20. The SMILES string of the molecule is COc1cc(Cl)c(C)cc1N1C(=O)CC(c2cccc(OC)c2OC)C2=C1CCCC2=O. The van der Waals surface area contributed by atoms with Crippen LogP contribution in [0.15, 0.2) is 41.6 Å². The third-order valence-electron chi connectivity index (χ3n) is 6.19. The van der Waals surface area contributed by atoms with Crippen LogP contribution in [0.5, 0.6) is 17.2 Å². The minimum Gasteiger partial charge on any atom is -0.495 e. The molecule has 1 atom stereocenters. The molecule has 0 fully saturated rings. The Balaban J connectivity index is 1.93. The maximum Gasteiger partial charge on any atom is 0.232 e. The normalized spacial score (nSPS) is 18.5. The molecule has 7 heteroatoms. The van der Waals surface area contributed by atoms with Crippen molar-refractivity contribution >= 4 is 29.0 Å². The number of carbonyl (C=O) groups excluding carboxylic acids is 2. The standard InChI is InChI=1S/C25H26ClNO5/c1-14-11-19(22(31-3)13-17(14)26)27-18-8-6-9-20(28)24(18)16(12-23(27)29)15-7-5-10-21(30-2)25(15)32-4/h5,7,10-11,13,16H,6,8-9,12H2,1-4H3. The zero-order valence-corrected chi connectivity index (χ0v) is 19.4. The molecule has 1 unspecified atom stereocenters. The molecule has 0 N–H and O–H groups in total. The molecular weight excluding hydrogens is 430 g/mol. The van der Waals surface area contributed by atoms with Crippen molar-refractivity contribution in [2.45, 2.75) is 38.5 Å². The molecule has 0 bridgehead atoms. The molecule has 6 nitrogen and oxygen atoms in total. The van der Waals surface area contributed by atoms with Crippen LogP contribution in [0.25, 0.3) is 0 Å². The smallest absolute Gasteiger partial charge is 0.232 e. The van der Waals surface area contributed by atoms with Gasteiger partial charge < -0.3 is 14.2 Å². The highest BCUT2D eigenvalue weighted by Gasteiger charge is 2.41. The first kappa shape index (κ1) is 22.2. The number of para-hydroxylation sites is 1. The Bertz CT molecular complexity index is 1120. The van der Waals surface area contributed by atoms with Gasteiger partial charge in [-0.2, -0.15) is 0 Å². The Morgan fingerprint density at radius 2 is 1.75 bits per heavy atom. The number of hydrogen-bond donors (Lipinski definition) is 0. The van der Waals surface area contributed by atoms with Crippen molar-refractivity contribution in [1.29, 1.82) is 0 Å². The van der Waals surface area contributed by atoms with Crippen LogP contribution in [0.3, 0.4) is 0 Å². The van der Waals surface area contributed by atoms with Crippen molar-refractivity contribution in [3.63, 3.8) is 0 Å². The third kappa shape index (κ3) is 3.62. The van der Waals surface area contributed by atoms with Gasteiger partial charge in [-0.15, -0.1) is 0 Å². The second kappa shape index (κ2) is 8.87. The molecule has 32 heavy (non-hydrogen) atoms. The summed E-state index contributed by atoms with van der Waals surface area (Å²) in [6.45, 7) is 1.88. The summed E-state index contributed by atoms with van der Waals surface area (Å²) in [5.41, 5.74) is 3.61. The number of ether oxygens (including phenoxy) is 3. The average molecular weight is 456 g/mol. The number of aryl methyl sites for hydroxylation is 1. The second-order valence-electron chi connectivity index (χ2n) is 7.98. The number of allylic oxidation sites excluding steroid dienone is 2. The maximum absolute atomic E-state index is 13.6. The van der Waals surface area contributed by atoms with E-state index in [4.69, 9.17) is 25.8 Å². The number of ketones is 1. The molecule has 0 saturated heterocycles. The van der Waals surface area contributed by atoms with Crippen LogP contribution < -0.4 is 19.1 Å². The quantitative estimate of drug-likeness (QED) is 0.619. The summed E-state index contributed by atoms with van der Waals surface area (Å²) >= 11 is 6.29. The van der Waals surface area contributed by atoms with Crippen molar-refractivity contribution in [3.05, 3.63) is 57.8 Å². The highest BCUT2D eigenvalue weighted by Crippen LogP contribution is 2.49. The van der Waals surface area contributed by atoms with E-state index in [2.05, 4.69) is 0 Å². The number of carbonyl (C=O) groups is 2. The molecule has 0 aromatic heterocycles. The maximum atomic E-state index is 13.6. The van der Waals surface area contributed by atoms with Gasteiger partial charge in [-0.25, -0.2) is 0 Å². The number of methoxy groups -OCH3 is 3. The van der Waals surface area contributed by atoms with Crippen LogP contribution in [0.2, 0.25) is 5.02 Å². The zero-order valence-electron chi connectivity index (χ0n) is 18.7. The fourth-order valence-corrected chi connectivity index (χ4v) is 4.86. The van der Waals surface area contributed by atoms with Gasteiger partial charge in [0.05, 0.1) is 27.0 Å². The van der Waals surface area contributed by atoms with Gasteiger partial charge in [0, 0.05) is 46.7 Å². The van der Waals surface area contributed by atoms with E-state index in [0.29, 0.717) is 52.8 Å². The van der Waals surface area contributed by atoms with Crippen LogP contribution in [0.4, 0.5) is 5.69 Å². The lowest BCUT2D eigenvalue weighted by molar-refractivity contribution is -0.120. The summed E-state index contributed by atoms with van der Waals surface area (Å²) in [5, 5.41) is 0.558. The minimum absolute atomic E-state index is 0.0586. The van der Waals surface area contributed by atoms with E-state index in [1.165, 1.54) is 0 Å². The Morgan fingerprint density at radius 3 is 2.44 bits per heavy atom. The topological polar surface area (TPSA) is 65.1 Å². The highest BCUT2D eigenvalue weighted by molar-refractivity contribution is 6.31. The molecule has 2 aliphatic rings. The van der Waals surface area contributed by atoms with Gasteiger partial charge in [0.15, 0.2) is 17.3 Å². The molecule has 0 radical (unpaired) electrons. The van der Waals surface area contributed by atoms with Crippen molar-refractivity contribution in [1.82, 2.24) is 0 Å². The van der Waals surface area contributed by atoms with Crippen molar-refractivity contribution in [2.24, 2.45) is 0 Å². The Morgan fingerprint density at radius 1 is 1.00 bits per heavy atom. The van der Waals surface area contributed by atoms with Crippen LogP contribution in [0.1, 0.15) is 42.7 Å². The molecule has 168 valence electrons. The van der Waals surface area contributed by atoms with E-state index in [0.717, 1.165) is 16.8 Å². The van der Waals surface area contributed by atoms with Gasteiger partial charge in [-0.1, -0.05) is 23.7 Å². The summed E-state index contributed by atoms with van der Waals surface area (Å²) in [6.07, 6.45) is 1.91. The van der Waals surface area contributed by atoms with E-state index < -0.39 is 5.92 Å². The number of Topliss-reactive ketones (excluding diaryl/α,β-unsaturated/α-hetero) is 1. The third-order valence-corrected chi connectivity index (χ3v) is 6.59. The largest absolute Gasteiger partial charge is 0.495 e. The van der Waals surface area contributed by atoms with Gasteiger partial charge in [0.1, 0.15) is 5.75 Å². The highest BCUT2D eigenvalue weighted by atomic mass is 35.5. The first-order valence-corrected chi connectivity index (χ1v) is 10.9. The fourth-order valence-electron chi connectivity index (χ4n) is 4.71. The van der Waals surface area contributed by atoms with Gasteiger partial charge in [0.2, 0.25) is 5.91 Å². The molecular formula is C25H26ClNO5. The lowest BCUT2D eigenvalue weighted by Gasteiger charge is -2.39. The van der Waals surface area contributed by atoms with E-state index >= 15 is 0 Å². The number of hydrogen-bond acceptors (Lipinski definition) is 5. The lowest BCUT2D eigenvalue weighted by Crippen LogP contribution is -2.40. The summed E-state index contributed by atoms with van der Waals surface area (Å²) in [6, 6.07) is 9.11. The molecule has 0 spiro atoms. The molecule has 1 aliphatic heterocycles. The number of anilines is 1. The van der Waals surface area contributed by atoms with Gasteiger partial charge in [-0.3, -0.25) is 14.5 Å². The first-order chi connectivity index (χ1) is 15.4. The van der Waals surface area contributed by atoms with Crippen molar-refractivity contribution in [3.8, 4) is 17.2 Å². The molecule has 4 rings (SSSR count). The number of halogens is 1. The van der Waals surface area contributed by atoms with Gasteiger partial charge in [-0.05, 0) is 37.5 Å². The van der Waals surface area contributed by atoms with Crippen LogP contribution in [0, 0.1) is 6.92 Å². The molecule has 2 aromatic rings. The number of amides is 1. The molecule has 2 aromatic carbocycles. The van der Waals surface area contributed by atoms with E-state index in [1.54, 1.807) is 38.4 Å². The van der Waals surface area contributed by atoms with Crippen LogP contribution >= 0.6 is 11.6 Å². The molecule has 1 aliphatic carbocycles. The lowest BCUT2D eigenvalue weighted by atomic mass is 9.76. The average Bonchev–Trinajstić information content (AvgIpc) is 2.79. The van der Waals surface area contributed by atoms with E-state index in [9.17, 15) is 9.59 Å². The second-order valence-corrected chi connectivity index (χ2v) is 8.39. The Hall–Kier alpha value is -2.99. The van der Waals surface area contributed by atoms with Gasteiger partial charge >= 0.3 is 0 Å². The van der Waals surface area contributed by atoms with Crippen molar-refractivity contribution in [2.75, 3.05) is 26.2 Å². The fraction of sp³-hybridized carbons (Fsp3) is 0.360.